The maximum absolute atomic E-state index is 17.4. The molecule has 0 amide bonds. The highest BCUT2D eigenvalue weighted by Gasteiger charge is 2.55. The largest absolute Gasteiger partial charge is 0.480 e. The molecular formula is C40H51ClFN7O6. The van der Waals surface area contributed by atoms with Gasteiger partial charge in [-0.3, -0.25) is 10.00 Å². The number of hydrogen-bond acceptors (Lipinski definition) is 12. The molecular weight excluding hydrogens is 729 g/mol. The molecule has 0 unspecified atom stereocenters. The van der Waals surface area contributed by atoms with Crippen molar-refractivity contribution in [2.24, 2.45) is 10.8 Å². The molecule has 2 saturated carbocycles. The number of aliphatic hydroxyl groups is 2. The van der Waals surface area contributed by atoms with Crippen LogP contribution in [0.1, 0.15) is 70.3 Å². The first-order valence-electron chi connectivity index (χ1n) is 19.8. The Kier molecular flexibility index (Phi) is 9.61. The normalized spacial score (nSPS) is 28.7. The summed E-state index contributed by atoms with van der Waals surface area (Å²) in [6, 6.07) is 2.78. The van der Waals surface area contributed by atoms with Gasteiger partial charge in [-0.25, -0.2) is 9.37 Å². The molecule has 5 fully saturated rings. The number of piperidine rings is 1. The number of ether oxygens (including phenoxy) is 4. The molecule has 4 aromatic rings. The number of nitrogens with zero attached hydrogens (tertiary/aromatic N) is 6. The summed E-state index contributed by atoms with van der Waals surface area (Å²) in [5.74, 6) is -0.326. The van der Waals surface area contributed by atoms with Crippen molar-refractivity contribution in [3.63, 3.8) is 0 Å². The number of hydrogen-bond donors (Lipinski definition) is 3. The van der Waals surface area contributed by atoms with E-state index in [4.69, 9.17) is 45.5 Å². The third-order valence-corrected chi connectivity index (χ3v) is 13.8. The number of methoxy groups -OCH3 is 1. The fourth-order valence-electron chi connectivity index (χ4n) is 10.5. The zero-order chi connectivity index (χ0) is 38.1. The number of pyridine rings is 1. The zero-order valence-electron chi connectivity index (χ0n) is 31.9. The van der Waals surface area contributed by atoms with Gasteiger partial charge in [0.2, 0.25) is 5.88 Å². The van der Waals surface area contributed by atoms with E-state index in [1.54, 1.807) is 24.1 Å². The van der Waals surface area contributed by atoms with Crippen molar-refractivity contribution in [1.29, 1.82) is 0 Å². The average Bonchev–Trinajstić information content (AvgIpc) is 3.79. The molecule has 1 aromatic carbocycles. The van der Waals surface area contributed by atoms with E-state index in [9.17, 15) is 10.2 Å². The lowest BCUT2D eigenvalue weighted by Crippen LogP contribution is -2.61. The van der Waals surface area contributed by atoms with Crippen molar-refractivity contribution in [2.75, 3.05) is 64.7 Å². The van der Waals surface area contributed by atoms with Crippen molar-refractivity contribution >= 4 is 39.2 Å². The highest BCUT2D eigenvalue weighted by atomic mass is 35.5. The van der Waals surface area contributed by atoms with Gasteiger partial charge in [0.1, 0.15) is 28.0 Å². The van der Waals surface area contributed by atoms with Gasteiger partial charge in [0.25, 0.3) is 0 Å². The van der Waals surface area contributed by atoms with Crippen LogP contribution in [0, 0.1) is 23.6 Å². The number of nitrogens with one attached hydrogen (secondary N) is 1. The standard InChI is InChI=1S/C40H51ClFN7O6/c1-23-27(41)14-28-26(17-43-47-28)30(23)33-32(42)34-31(36(44-33)52-3)35(48-18-25(19-50)54-21-38(2,51)20-48)46-37(45-34)55-22-40-7-4-6-29(40)49(11-5-8-40)24-15-39(16-24)9-12-53-13-10-39/h14,17,24-25,29,50-51H,4-13,15-16,18-22H2,1-3H3,(H,43,47)/t25-,29-,38+,40-/m1/s1. The molecule has 5 aliphatic rings. The molecule has 0 bridgehead atoms. The summed E-state index contributed by atoms with van der Waals surface area (Å²) in [7, 11) is 1.47. The van der Waals surface area contributed by atoms with Crippen molar-refractivity contribution in [1.82, 2.24) is 30.0 Å². The molecule has 2 aliphatic carbocycles. The first-order chi connectivity index (χ1) is 26.5. The number of fused-ring (bicyclic) bond motifs is 3. The Hall–Kier alpha value is -3.40. The van der Waals surface area contributed by atoms with Crippen LogP contribution < -0.4 is 14.4 Å². The fraction of sp³-hybridized carbons (Fsp3) is 0.650. The molecule has 3 N–H and O–H groups in total. The van der Waals surface area contributed by atoms with E-state index in [-0.39, 0.29) is 66.0 Å². The summed E-state index contributed by atoms with van der Waals surface area (Å²) >= 11 is 6.66. The van der Waals surface area contributed by atoms with Crippen molar-refractivity contribution in [3.05, 3.63) is 28.7 Å². The highest BCUT2D eigenvalue weighted by molar-refractivity contribution is 6.33. The molecule has 3 aromatic heterocycles. The minimum atomic E-state index is -1.31. The van der Waals surface area contributed by atoms with Crippen LogP contribution in [-0.4, -0.2) is 124 Å². The zero-order valence-corrected chi connectivity index (χ0v) is 32.6. The molecule has 3 saturated heterocycles. The number of benzene rings is 1. The second-order valence-corrected chi connectivity index (χ2v) is 17.5. The van der Waals surface area contributed by atoms with E-state index in [0.717, 1.165) is 64.7 Å². The van der Waals surface area contributed by atoms with Gasteiger partial charge in [0, 0.05) is 53.2 Å². The Morgan fingerprint density at radius 1 is 1.13 bits per heavy atom. The lowest BCUT2D eigenvalue weighted by Gasteiger charge is -2.58. The van der Waals surface area contributed by atoms with E-state index in [1.165, 1.54) is 20.0 Å². The summed E-state index contributed by atoms with van der Waals surface area (Å²) in [5.41, 5.74) is 0.768. The lowest BCUT2D eigenvalue weighted by atomic mass is 9.60. The molecule has 6 heterocycles. The van der Waals surface area contributed by atoms with Gasteiger partial charge < -0.3 is 34.1 Å². The van der Waals surface area contributed by atoms with Gasteiger partial charge in [-0.2, -0.15) is 15.1 Å². The summed E-state index contributed by atoms with van der Waals surface area (Å²) in [6.07, 6.45) is 11.3. The number of aromatic amines is 1. The van der Waals surface area contributed by atoms with Crippen LogP contribution in [0.5, 0.6) is 11.9 Å². The van der Waals surface area contributed by atoms with Gasteiger partial charge in [0.05, 0.1) is 51.3 Å². The minimum absolute atomic E-state index is 0.0000365. The Labute approximate surface area is 324 Å². The van der Waals surface area contributed by atoms with E-state index in [2.05, 4.69) is 15.1 Å². The molecule has 55 heavy (non-hydrogen) atoms. The van der Waals surface area contributed by atoms with Crippen LogP contribution in [0.15, 0.2) is 12.3 Å². The Morgan fingerprint density at radius 3 is 2.71 bits per heavy atom. The van der Waals surface area contributed by atoms with Gasteiger partial charge in [0.15, 0.2) is 5.82 Å². The van der Waals surface area contributed by atoms with Gasteiger partial charge in [-0.05, 0) is 88.8 Å². The molecule has 9 rings (SSSR count). The molecule has 3 aliphatic heterocycles. The first-order valence-corrected chi connectivity index (χ1v) is 20.1. The third kappa shape index (κ3) is 6.50. The summed E-state index contributed by atoms with van der Waals surface area (Å²) < 4.78 is 41.5. The topological polar surface area (TPSA) is 151 Å². The van der Waals surface area contributed by atoms with Crippen molar-refractivity contribution < 1.29 is 33.6 Å². The van der Waals surface area contributed by atoms with Gasteiger partial charge in [-0.15, -0.1) is 0 Å². The predicted octanol–water partition coefficient (Wildman–Crippen LogP) is 5.60. The number of rotatable bonds is 8. The van der Waals surface area contributed by atoms with E-state index >= 15 is 4.39 Å². The van der Waals surface area contributed by atoms with Crippen LogP contribution in [0.3, 0.4) is 0 Å². The summed E-state index contributed by atoms with van der Waals surface area (Å²) in [6.45, 7) is 6.71. The second kappa shape index (κ2) is 14.2. The maximum atomic E-state index is 17.4. The Morgan fingerprint density at radius 2 is 1.93 bits per heavy atom. The van der Waals surface area contributed by atoms with Crippen LogP contribution in [0.2, 0.25) is 5.02 Å². The quantitative estimate of drug-likeness (QED) is 0.204. The van der Waals surface area contributed by atoms with Crippen molar-refractivity contribution in [3.8, 4) is 23.1 Å². The van der Waals surface area contributed by atoms with Crippen LogP contribution >= 0.6 is 11.6 Å². The lowest BCUT2D eigenvalue weighted by molar-refractivity contribution is -0.112. The van der Waals surface area contributed by atoms with Gasteiger partial charge in [-0.1, -0.05) is 18.0 Å². The van der Waals surface area contributed by atoms with Crippen LogP contribution in [0.4, 0.5) is 10.2 Å². The molecule has 15 heteroatoms. The van der Waals surface area contributed by atoms with Crippen molar-refractivity contribution in [2.45, 2.75) is 95.4 Å². The molecule has 0 radical (unpaired) electrons. The summed E-state index contributed by atoms with van der Waals surface area (Å²) in [5, 5.41) is 29.9. The highest BCUT2D eigenvalue weighted by Crippen LogP contribution is 2.56. The van der Waals surface area contributed by atoms with E-state index in [1.807, 2.05) is 6.92 Å². The maximum Gasteiger partial charge on any atom is 0.319 e. The smallest absolute Gasteiger partial charge is 0.319 e. The number of aliphatic hydroxyl groups excluding tert-OH is 1. The second-order valence-electron chi connectivity index (χ2n) is 17.1. The number of aromatic nitrogens is 5. The molecule has 13 nitrogen and oxygen atoms in total. The number of H-pyrrole nitrogens is 1. The number of anilines is 1. The first kappa shape index (κ1) is 37.2. The van der Waals surface area contributed by atoms with E-state index in [0.29, 0.717) is 51.2 Å². The van der Waals surface area contributed by atoms with Crippen LogP contribution in [0.25, 0.3) is 33.1 Å². The number of β-amino-alcohol motifs (C(OH)–C–C–N with tert-alkyl or cyclic N) is 1. The minimum Gasteiger partial charge on any atom is -0.480 e. The van der Waals surface area contributed by atoms with Crippen LogP contribution in [-0.2, 0) is 9.47 Å². The van der Waals surface area contributed by atoms with E-state index < -0.39 is 17.5 Å². The fourth-order valence-corrected chi connectivity index (χ4v) is 10.7. The predicted molar refractivity (Wildman–Crippen MR) is 205 cm³/mol. The summed E-state index contributed by atoms with van der Waals surface area (Å²) in [4.78, 5) is 19.1. The molecule has 1 spiro atoms. The SMILES string of the molecule is COc1nc(-c2c(C)c(Cl)cc3[nH]ncc23)c(F)c2nc(OC[C@]34CCC[C@H]3N(C3CC5(CCOCC5)C3)CCC4)nc(N3C[C@H](CO)OC[C@@](C)(O)C3)c12. The third-order valence-electron chi connectivity index (χ3n) is 13.4. The number of likely N-dealkylation sites (tertiary alicyclic amines) is 1. The molecule has 296 valence electrons. The average molecular weight is 780 g/mol. The van der Waals surface area contributed by atoms with Gasteiger partial charge >= 0.3 is 6.01 Å². The Balaban J connectivity index is 1.12. The molecule has 4 atom stereocenters. The monoisotopic (exact) mass is 779 g/mol. The number of halogens is 2. The Bertz CT molecular complexity index is 2090.